The Bertz CT molecular complexity index is 1980. The summed E-state index contributed by atoms with van der Waals surface area (Å²) < 4.78 is 8.48. The number of fused-ring (bicyclic) bond motifs is 3. The molecule has 6 rings (SSSR count). The van der Waals surface area contributed by atoms with Gasteiger partial charge in [0.25, 0.3) is 5.91 Å². The van der Waals surface area contributed by atoms with Gasteiger partial charge in [0.15, 0.2) is 0 Å². The van der Waals surface area contributed by atoms with E-state index in [1.165, 1.54) is 0 Å². The Labute approximate surface area is 279 Å². The van der Waals surface area contributed by atoms with Crippen LogP contribution in [0.1, 0.15) is 29.8 Å². The van der Waals surface area contributed by atoms with E-state index in [0.717, 1.165) is 27.2 Å². The first-order valence-corrected chi connectivity index (χ1v) is 16.2. The van der Waals surface area contributed by atoms with Crippen LogP contribution in [0.25, 0.3) is 21.7 Å². The average molecular weight is 648 g/mol. The number of aryl methyl sites for hydroxylation is 1. The molecule has 3 N–H and O–H groups in total. The van der Waals surface area contributed by atoms with E-state index >= 15 is 0 Å². The summed E-state index contributed by atoms with van der Waals surface area (Å²) in [5.74, 6) is -0.342. The molecule has 0 radical (unpaired) electrons. The Morgan fingerprint density at radius 3 is 2.52 bits per heavy atom. The summed E-state index contributed by atoms with van der Waals surface area (Å²) in [5.41, 5.74) is 3.40. The number of para-hydroxylation sites is 1. The standard InChI is InChI=1S/C38H41N5O5/c1-24-20-43(25(2)23-44)37(46)31-19-28(39-36(45)18-27-21-41(3)33-15-8-7-13-30(27)33)16-17-34(31)48-35(24)22-42(4)38(47)40-32-14-9-11-26-10-5-6-12-29(26)32/h5-17,19,21,24-25,35,44H,18,20,22-23H2,1-4H3,(H,39,45)(H,40,47)/t24-,25-,35+/m1/s1. The van der Waals surface area contributed by atoms with Crippen molar-refractivity contribution in [3.05, 3.63) is 102 Å². The number of hydrogen-bond acceptors (Lipinski definition) is 5. The van der Waals surface area contributed by atoms with Crippen molar-refractivity contribution in [3.8, 4) is 5.75 Å². The molecule has 10 nitrogen and oxygen atoms in total. The second-order valence-electron chi connectivity index (χ2n) is 12.7. The Balaban J connectivity index is 1.22. The molecule has 0 aliphatic carbocycles. The van der Waals surface area contributed by atoms with Gasteiger partial charge < -0.3 is 34.8 Å². The van der Waals surface area contributed by atoms with E-state index in [2.05, 4.69) is 10.6 Å². The lowest BCUT2D eigenvalue weighted by Crippen LogP contribution is -2.50. The molecule has 0 unspecified atom stereocenters. The number of carbonyl (C=O) groups is 3. The minimum atomic E-state index is -0.472. The fourth-order valence-electron chi connectivity index (χ4n) is 6.36. The highest BCUT2D eigenvalue weighted by Crippen LogP contribution is 2.31. The number of carbonyl (C=O) groups excluding carboxylic acids is 3. The lowest BCUT2D eigenvalue weighted by molar-refractivity contribution is -0.115. The van der Waals surface area contributed by atoms with Crippen molar-refractivity contribution in [2.45, 2.75) is 32.4 Å². The van der Waals surface area contributed by atoms with Gasteiger partial charge in [-0.1, -0.05) is 61.5 Å². The van der Waals surface area contributed by atoms with Crippen LogP contribution in [-0.2, 0) is 18.3 Å². The van der Waals surface area contributed by atoms with E-state index in [-0.39, 0.29) is 48.9 Å². The molecule has 5 aromatic rings. The first-order valence-electron chi connectivity index (χ1n) is 16.2. The first kappa shape index (κ1) is 32.6. The number of amides is 4. The molecule has 4 aromatic carbocycles. The van der Waals surface area contributed by atoms with Crippen LogP contribution in [0, 0.1) is 5.92 Å². The molecule has 0 spiro atoms. The second kappa shape index (κ2) is 13.8. The Morgan fingerprint density at radius 1 is 1.00 bits per heavy atom. The molecule has 1 aliphatic rings. The summed E-state index contributed by atoms with van der Waals surface area (Å²) in [6, 6.07) is 25.9. The van der Waals surface area contributed by atoms with Crippen molar-refractivity contribution in [1.82, 2.24) is 14.4 Å². The Morgan fingerprint density at radius 2 is 1.73 bits per heavy atom. The zero-order valence-electron chi connectivity index (χ0n) is 27.6. The van der Waals surface area contributed by atoms with Gasteiger partial charge in [-0.15, -0.1) is 0 Å². The van der Waals surface area contributed by atoms with Gasteiger partial charge in [0.2, 0.25) is 5.91 Å². The lowest BCUT2D eigenvalue weighted by atomic mass is 9.99. The Kier molecular flexibility index (Phi) is 9.36. The minimum absolute atomic E-state index is 0.170. The van der Waals surface area contributed by atoms with Gasteiger partial charge in [0, 0.05) is 54.7 Å². The molecular formula is C38H41N5O5. The molecule has 1 aliphatic heterocycles. The molecule has 0 bridgehead atoms. The van der Waals surface area contributed by atoms with E-state index in [1.807, 2.05) is 91.5 Å². The molecule has 0 saturated carbocycles. The number of urea groups is 1. The molecule has 10 heteroatoms. The molecule has 2 heterocycles. The summed E-state index contributed by atoms with van der Waals surface area (Å²) in [7, 11) is 3.66. The predicted octanol–water partition coefficient (Wildman–Crippen LogP) is 5.90. The van der Waals surface area contributed by atoms with Crippen LogP contribution in [0.15, 0.2) is 91.1 Å². The second-order valence-corrected chi connectivity index (χ2v) is 12.7. The number of aromatic nitrogens is 1. The van der Waals surface area contributed by atoms with Crippen molar-refractivity contribution in [2.75, 3.05) is 37.4 Å². The Hall–Kier alpha value is -5.35. The van der Waals surface area contributed by atoms with E-state index in [4.69, 9.17) is 4.74 Å². The first-order chi connectivity index (χ1) is 23.1. The van der Waals surface area contributed by atoms with Gasteiger partial charge in [-0.05, 0) is 48.2 Å². The maximum atomic E-state index is 13.9. The van der Waals surface area contributed by atoms with E-state index in [1.54, 1.807) is 42.0 Å². The van der Waals surface area contributed by atoms with Gasteiger partial charge in [0.1, 0.15) is 11.9 Å². The number of aliphatic hydroxyl groups excluding tert-OH is 1. The zero-order valence-corrected chi connectivity index (χ0v) is 27.6. The average Bonchev–Trinajstić information content (AvgIpc) is 3.40. The van der Waals surface area contributed by atoms with Crippen molar-refractivity contribution in [2.24, 2.45) is 13.0 Å². The number of aliphatic hydroxyl groups is 1. The summed E-state index contributed by atoms with van der Waals surface area (Å²) >= 11 is 0. The predicted molar refractivity (Wildman–Crippen MR) is 188 cm³/mol. The molecule has 1 aromatic heterocycles. The topological polar surface area (TPSA) is 116 Å². The van der Waals surface area contributed by atoms with Crippen LogP contribution in [-0.4, -0.2) is 76.2 Å². The molecule has 4 amide bonds. The van der Waals surface area contributed by atoms with Crippen LogP contribution >= 0.6 is 0 Å². The molecule has 0 saturated heterocycles. The molecular weight excluding hydrogens is 606 g/mol. The quantitative estimate of drug-likeness (QED) is 0.194. The number of likely N-dealkylation sites (N-methyl/N-ethyl adjacent to an activating group) is 1. The van der Waals surface area contributed by atoms with Crippen molar-refractivity contribution in [3.63, 3.8) is 0 Å². The molecule has 3 atom stereocenters. The number of hydrogen-bond donors (Lipinski definition) is 3. The van der Waals surface area contributed by atoms with Crippen molar-refractivity contribution < 1.29 is 24.2 Å². The summed E-state index contributed by atoms with van der Waals surface area (Å²) in [6.45, 7) is 4.10. The largest absolute Gasteiger partial charge is 0.487 e. The van der Waals surface area contributed by atoms with Crippen molar-refractivity contribution in [1.29, 1.82) is 0 Å². The van der Waals surface area contributed by atoms with Gasteiger partial charge in [-0.3, -0.25) is 9.59 Å². The normalized spacial score (nSPS) is 16.9. The number of ether oxygens (including phenoxy) is 1. The third-order valence-electron chi connectivity index (χ3n) is 9.11. The molecule has 248 valence electrons. The zero-order chi connectivity index (χ0) is 33.9. The monoisotopic (exact) mass is 647 g/mol. The van der Waals surface area contributed by atoms with E-state index < -0.39 is 12.1 Å². The summed E-state index contributed by atoms with van der Waals surface area (Å²) in [4.78, 5) is 43.7. The molecule has 0 fully saturated rings. The van der Waals surface area contributed by atoms with Gasteiger partial charge in [-0.2, -0.15) is 0 Å². The van der Waals surface area contributed by atoms with Crippen LogP contribution < -0.4 is 15.4 Å². The fraction of sp³-hybridized carbons (Fsp3) is 0.289. The van der Waals surface area contributed by atoms with Crippen LogP contribution in [0.3, 0.4) is 0 Å². The van der Waals surface area contributed by atoms with E-state index in [0.29, 0.717) is 23.7 Å². The lowest BCUT2D eigenvalue weighted by Gasteiger charge is -2.38. The van der Waals surface area contributed by atoms with Gasteiger partial charge in [0.05, 0.1) is 36.9 Å². The van der Waals surface area contributed by atoms with Crippen LogP contribution in [0.2, 0.25) is 0 Å². The summed E-state index contributed by atoms with van der Waals surface area (Å²) in [5, 5.41) is 19.0. The van der Waals surface area contributed by atoms with Crippen LogP contribution in [0.4, 0.5) is 16.2 Å². The number of nitrogens with zero attached hydrogens (tertiary/aromatic N) is 3. The number of nitrogens with one attached hydrogen (secondary N) is 2. The highest BCUT2D eigenvalue weighted by Gasteiger charge is 2.34. The third kappa shape index (κ3) is 6.70. The number of anilines is 2. The van der Waals surface area contributed by atoms with Crippen molar-refractivity contribution >= 4 is 50.9 Å². The van der Waals surface area contributed by atoms with E-state index in [9.17, 15) is 19.5 Å². The highest BCUT2D eigenvalue weighted by atomic mass is 16.5. The minimum Gasteiger partial charge on any atom is -0.487 e. The number of benzene rings is 4. The number of rotatable bonds is 8. The maximum absolute atomic E-state index is 13.9. The highest BCUT2D eigenvalue weighted by molar-refractivity contribution is 6.02. The van der Waals surface area contributed by atoms with Crippen LogP contribution in [0.5, 0.6) is 5.75 Å². The summed E-state index contributed by atoms with van der Waals surface area (Å²) in [6.07, 6.45) is 1.65. The van der Waals surface area contributed by atoms with Gasteiger partial charge in [-0.25, -0.2) is 4.79 Å². The maximum Gasteiger partial charge on any atom is 0.321 e. The molecule has 48 heavy (non-hydrogen) atoms. The fourth-order valence-corrected chi connectivity index (χ4v) is 6.36. The smallest absolute Gasteiger partial charge is 0.321 e. The SMILES string of the molecule is C[C@@H]1CN([C@H](C)CO)C(=O)c2cc(NC(=O)Cc3cn(C)c4ccccc34)ccc2O[C@H]1CN(C)C(=O)Nc1cccc2ccccc12. The third-order valence-corrected chi connectivity index (χ3v) is 9.11. The van der Waals surface area contributed by atoms with Gasteiger partial charge >= 0.3 is 6.03 Å².